The monoisotopic (exact) mass is 582 g/mol. The average Bonchev–Trinajstić information content (AvgIpc) is 2.81. The molecule has 0 aliphatic rings. The molecule has 0 spiro atoms. The number of hydrogen-bond acceptors (Lipinski definition) is 5. The number of nitrogens with one attached hydrogen (secondary N) is 2. The smallest absolute Gasteiger partial charge is 0.457 e. The van der Waals surface area contributed by atoms with Crippen LogP contribution in [-0.4, -0.2) is 30.8 Å². The van der Waals surface area contributed by atoms with E-state index in [1.807, 2.05) is 0 Å². The van der Waals surface area contributed by atoms with Crippen molar-refractivity contribution in [3.63, 3.8) is 0 Å². The molecule has 3 aromatic rings. The first-order chi connectivity index (χ1) is 17.7. The van der Waals surface area contributed by atoms with Crippen LogP contribution in [-0.2, 0) is 4.74 Å². The molecule has 3 amide bonds. The van der Waals surface area contributed by atoms with Gasteiger partial charge in [-0.1, -0.05) is 35.3 Å². The lowest BCUT2D eigenvalue weighted by molar-refractivity contribution is -0.411. The molecule has 2 N–H and O–H groups in total. The van der Waals surface area contributed by atoms with Gasteiger partial charge in [0.25, 0.3) is 5.91 Å². The summed E-state index contributed by atoms with van der Waals surface area (Å²) in [6.07, 6.45) is -14.8. The number of benzene rings is 3. The fraction of sp³-hybridized carbons (Fsp3) is 0.130. The summed E-state index contributed by atoms with van der Waals surface area (Å²) >= 11 is 11.7. The van der Waals surface area contributed by atoms with Crippen LogP contribution in [0.5, 0.6) is 17.2 Å². The normalized spacial score (nSPS) is 12.4. The maximum atomic E-state index is 13.6. The molecule has 0 fully saturated rings. The van der Waals surface area contributed by atoms with Crippen molar-refractivity contribution >= 4 is 40.8 Å². The summed E-state index contributed by atoms with van der Waals surface area (Å²) in [5.74, 6) is -1.36. The molecular weight excluding hydrogens is 569 g/mol. The van der Waals surface area contributed by atoms with Crippen molar-refractivity contribution in [2.45, 2.75) is 18.8 Å². The van der Waals surface area contributed by atoms with Gasteiger partial charge in [-0.2, -0.15) is 8.78 Å². The van der Waals surface area contributed by atoms with Crippen LogP contribution in [0.1, 0.15) is 10.4 Å². The van der Waals surface area contributed by atoms with Crippen LogP contribution in [0, 0.1) is 0 Å². The maximum absolute atomic E-state index is 13.6. The first-order valence-corrected chi connectivity index (χ1v) is 10.9. The lowest BCUT2D eigenvalue weighted by Gasteiger charge is -2.22. The van der Waals surface area contributed by atoms with Crippen molar-refractivity contribution in [2.75, 3.05) is 5.32 Å². The van der Waals surface area contributed by atoms with E-state index in [0.717, 1.165) is 18.2 Å². The van der Waals surface area contributed by atoms with Crippen LogP contribution in [0.3, 0.4) is 0 Å². The Hall–Kier alpha value is -3.68. The molecule has 202 valence electrons. The van der Waals surface area contributed by atoms with Gasteiger partial charge in [-0.05, 0) is 48.5 Å². The molecule has 0 aliphatic heterocycles. The van der Waals surface area contributed by atoms with Crippen LogP contribution in [0.15, 0.2) is 66.7 Å². The summed E-state index contributed by atoms with van der Waals surface area (Å²) < 4.78 is 88.4. The number of halogens is 8. The molecule has 7 nitrogen and oxygen atoms in total. The van der Waals surface area contributed by atoms with Gasteiger partial charge >= 0.3 is 24.9 Å². The number of hydrogen-bond donors (Lipinski definition) is 2. The van der Waals surface area contributed by atoms with Gasteiger partial charge in [-0.15, -0.1) is 13.2 Å². The summed E-state index contributed by atoms with van der Waals surface area (Å²) in [6.45, 7) is 0. The number of amides is 3. The minimum absolute atomic E-state index is 0.00204. The molecule has 0 bridgehead atoms. The fourth-order valence-corrected chi connectivity index (χ4v) is 3.16. The van der Waals surface area contributed by atoms with E-state index >= 15 is 0 Å². The zero-order valence-electron chi connectivity index (χ0n) is 18.5. The number of urea groups is 1. The van der Waals surface area contributed by atoms with Gasteiger partial charge in [0.05, 0.1) is 15.6 Å². The summed E-state index contributed by atoms with van der Waals surface area (Å²) in [4.78, 5) is 24.2. The van der Waals surface area contributed by atoms with Crippen LogP contribution in [0.2, 0.25) is 10.0 Å². The Balaban J connectivity index is 1.58. The molecule has 38 heavy (non-hydrogen) atoms. The minimum atomic E-state index is -5.66. The van der Waals surface area contributed by atoms with Gasteiger partial charge in [0.2, 0.25) is 0 Å². The van der Waals surface area contributed by atoms with E-state index < -0.39 is 41.5 Å². The first kappa shape index (κ1) is 28.9. The highest BCUT2D eigenvalue weighted by Crippen LogP contribution is 2.37. The van der Waals surface area contributed by atoms with E-state index in [9.17, 15) is 35.9 Å². The Morgan fingerprint density at radius 3 is 2.08 bits per heavy atom. The SMILES string of the molecule is O=C(NC(=O)c1ccccc1Cl)Nc1ccc(Oc2ccc(OC(F)(F)C(F)OC(F)(F)F)c(Cl)c2)cc1. The summed E-state index contributed by atoms with van der Waals surface area (Å²) in [6, 6.07) is 13.8. The Labute approximate surface area is 220 Å². The van der Waals surface area contributed by atoms with Gasteiger partial charge in [0.15, 0.2) is 0 Å². The zero-order chi connectivity index (χ0) is 28.1. The average molecular weight is 583 g/mol. The van der Waals surface area contributed by atoms with E-state index in [2.05, 4.69) is 20.1 Å². The highest BCUT2D eigenvalue weighted by Gasteiger charge is 2.50. The third-order valence-corrected chi connectivity index (χ3v) is 4.97. The Morgan fingerprint density at radius 1 is 0.842 bits per heavy atom. The molecule has 0 radical (unpaired) electrons. The van der Waals surface area contributed by atoms with Crippen LogP contribution < -0.4 is 20.1 Å². The molecule has 3 rings (SSSR count). The number of carbonyl (C=O) groups is 2. The minimum Gasteiger partial charge on any atom is -0.457 e. The van der Waals surface area contributed by atoms with Gasteiger partial charge < -0.3 is 14.8 Å². The van der Waals surface area contributed by atoms with Gasteiger partial charge in [0, 0.05) is 11.8 Å². The number of ether oxygens (including phenoxy) is 3. The topological polar surface area (TPSA) is 85.9 Å². The lowest BCUT2D eigenvalue weighted by Crippen LogP contribution is -2.41. The first-order valence-electron chi connectivity index (χ1n) is 10.1. The predicted molar refractivity (Wildman–Crippen MR) is 124 cm³/mol. The van der Waals surface area contributed by atoms with Crippen molar-refractivity contribution < 1.29 is 50.1 Å². The third-order valence-electron chi connectivity index (χ3n) is 4.34. The number of alkyl halides is 6. The molecule has 1 unspecified atom stereocenters. The van der Waals surface area contributed by atoms with Crippen molar-refractivity contribution in [1.82, 2.24) is 5.32 Å². The lowest BCUT2D eigenvalue weighted by atomic mass is 10.2. The van der Waals surface area contributed by atoms with Gasteiger partial charge in [-0.25, -0.2) is 13.9 Å². The molecule has 0 aliphatic carbocycles. The summed E-state index contributed by atoms with van der Waals surface area (Å²) in [5, 5.41) is 4.17. The van der Waals surface area contributed by atoms with Crippen LogP contribution in [0.25, 0.3) is 0 Å². The standard InChI is InChI=1S/C23H14Cl2F6N2O5/c24-16-4-2-1-3-15(16)19(34)33-21(35)32-12-5-7-13(8-6-12)36-14-9-10-18(17(25)11-14)37-22(27,28)20(26)38-23(29,30)31/h1-11,20H,(H2,32,33,34,35). The number of rotatable bonds is 8. The molecule has 0 saturated heterocycles. The highest BCUT2D eigenvalue weighted by atomic mass is 35.5. The number of imide groups is 1. The molecule has 0 saturated carbocycles. The molecule has 1 atom stereocenters. The maximum Gasteiger partial charge on any atom is 0.525 e. The van der Waals surface area contributed by atoms with Crippen molar-refractivity contribution in [3.8, 4) is 17.2 Å². The molecule has 15 heteroatoms. The fourth-order valence-electron chi connectivity index (χ4n) is 2.73. The molecule has 0 heterocycles. The second-order valence-corrected chi connectivity index (χ2v) is 7.96. The quantitative estimate of drug-likeness (QED) is 0.268. The van der Waals surface area contributed by atoms with E-state index in [1.165, 1.54) is 36.4 Å². The molecule has 0 aromatic heterocycles. The molecule has 3 aromatic carbocycles. The Morgan fingerprint density at radius 2 is 1.47 bits per heavy atom. The van der Waals surface area contributed by atoms with E-state index in [0.29, 0.717) is 0 Å². The number of anilines is 1. The number of carbonyl (C=O) groups excluding carboxylic acids is 2. The second kappa shape index (κ2) is 11.8. The van der Waals surface area contributed by atoms with Gasteiger partial charge in [-0.3, -0.25) is 10.1 Å². The van der Waals surface area contributed by atoms with Gasteiger partial charge in [0.1, 0.15) is 17.2 Å². The largest absolute Gasteiger partial charge is 0.525 e. The van der Waals surface area contributed by atoms with E-state index in [-0.39, 0.29) is 27.8 Å². The van der Waals surface area contributed by atoms with Crippen molar-refractivity contribution in [2.24, 2.45) is 0 Å². The van der Waals surface area contributed by atoms with Crippen LogP contribution >= 0.6 is 23.2 Å². The summed E-state index contributed by atoms with van der Waals surface area (Å²) in [7, 11) is 0. The Bertz CT molecular complexity index is 1310. The third kappa shape index (κ3) is 8.16. The predicted octanol–water partition coefficient (Wildman–Crippen LogP) is 7.55. The highest BCUT2D eigenvalue weighted by molar-refractivity contribution is 6.34. The second-order valence-electron chi connectivity index (χ2n) is 7.15. The molecular formula is C23H14Cl2F6N2O5. The van der Waals surface area contributed by atoms with E-state index in [1.54, 1.807) is 12.1 Å². The summed E-state index contributed by atoms with van der Waals surface area (Å²) in [5.41, 5.74) is 0.374. The van der Waals surface area contributed by atoms with E-state index in [4.69, 9.17) is 27.9 Å². The van der Waals surface area contributed by atoms with Crippen molar-refractivity contribution in [1.29, 1.82) is 0 Å². The zero-order valence-corrected chi connectivity index (χ0v) is 20.0. The van der Waals surface area contributed by atoms with Crippen molar-refractivity contribution in [3.05, 3.63) is 82.3 Å². The Kier molecular flexibility index (Phi) is 8.97. The van der Waals surface area contributed by atoms with Crippen LogP contribution in [0.4, 0.5) is 36.8 Å².